The number of aromatic nitrogens is 2. The summed E-state index contributed by atoms with van der Waals surface area (Å²) in [7, 11) is 3.47. The van der Waals surface area contributed by atoms with Crippen LogP contribution >= 0.6 is 0 Å². The molecule has 1 aromatic rings. The monoisotopic (exact) mass is 197 g/mol. The third kappa shape index (κ3) is 1.70. The Balaban J connectivity index is 3.32. The van der Waals surface area contributed by atoms with E-state index in [2.05, 4.69) is 9.97 Å². The number of rotatable bonds is 2. The number of hydrogen-bond donors (Lipinski definition) is 1. The lowest BCUT2D eigenvalue weighted by Gasteiger charge is -2.10. The molecule has 0 unspecified atom stereocenters. The van der Waals surface area contributed by atoms with Crippen LogP contribution < -0.4 is 10.6 Å². The number of nitrogen functional groups attached to an aromatic ring is 1. The molecule has 76 valence electrons. The zero-order valence-corrected chi connectivity index (χ0v) is 8.18. The van der Waals surface area contributed by atoms with Gasteiger partial charge in [-0.3, -0.25) is 10.1 Å². The molecule has 0 bridgehead atoms. The van der Waals surface area contributed by atoms with Crippen LogP contribution in [0.25, 0.3) is 0 Å². The summed E-state index contributed by atoms with van der Waals surface area (Å²) in [5.41, 5.74) is 5.48. The number of nitrogens with zero attached hydrogens (tertiary/aromatic N) is 4. The van der Waals surface area contributed by atoms with Gasteiger partial charge in [-0.2, -0.15) is 4.98 Å². The minimum Gasteiger partial charge on any atom is -0.378 e. The van der Waals surface area contributed by atoms with Crippen molar-refractivity contribution in [2.24, 2.45) is 0 Å². The highest BCUT2D eigenvalue weighted by molar-refractivity contribution is 5.57. The topological polar surface area (TPSA) is 98.2 Å². The summed E-state index contributed by atoms with van der Waals surface area (Å²) in [5, 5.41) is 10.6. The van der Waals surface area contributed by atoms with Crippen molar-refractivity contribution in [1.82, 2.24) is 9.97 Å². The van der Waals surface area contributed by atoms with Crippen LogP contribution in [0.15, 0.2) is 0 Å². The maximum Gasteiger partial charge on any atom is 0.332 e. The second-order valence-electron chi connectivity index (χ2n) is 2.99. The second kappa shape index (κ2) is 3.44. The minimum atomic E-state index is -0.579. The Bertz CT molecular complexity index is 353. The Morgan fingerprint density at radius 3 is 2.36 bits per heavy atom. The fourth-order valence-electron chi connectivity index (χ4n) is 1.000. The molecule has 0 aliphatic heterocycles. The molecule has 7 heteroatoms. The quantitative estimate of drug-likeness (QED) is 0.542. The van der Waals surface area contributed by atoms with Crippen molar-refractivity contribution in [3.63, 3.8) is 0 Å². The third-order valence-corrected chi connectivity index (χ3v) is 1.66. The molecule has 1 aromatic heterocycles. The van der Waals surface area contributed by atoms with Crippen LogP contribution in [-0.4, -0.2) is 29.0 Å². The molecule has 1 heterocycles. The van der Waals surface area contributed by atoms with Crippen molar-refractivity contribution < 1.29 is 4.92 Å². The zero-order valence-electron chi connectivity index (χ0n) is 8.18. The van der Waals surface area contributed by atoms with Crippen molar-refractivity contribution in [2.45, 2.75) is 6.92 Å². The predicted octanol–water partition coefficient (Wildman–Crippen LogP) is 0.341. The van der Waals surface area contributed by atoms with E-state index in [0.717, 1.165) is 0 Å². The molecule has 0 saturated heterocycles. The van der Waals surface area contributed by atoms with Gasteiger partial charge in [-0.05, 0) is 6.92 Å². The summed E-state index contributed by atoms with van der Waals surface area (Å²) in [6.07, 6.45) is 0. The van der Waals surface area contributed by atoms with Gasteiger partial charge in [0.05, 0.1) is 4.92 Å². The molecular formula is C7H11N5O2. The first kappa shape index (κ1) is 10.2. The van der Waals surface area contributed by atoms with Crippen molar-refractivity contribution in [3.05, 3.63) is 15.8 Å². The van der Waals surface area contributed by atoms with Crippen molar-refractivity contribution in [3.8, 4) is 0 Å². The molecule has 0 saturated carbocycles. The van der Waals surface area contributed by atoms with Crippen LogP contribution in [0.4, 0.5) is 17.5 Å². The number of nitro groups is 1. The maximum absolute atomic E-state index is 10.6. The summed E-state index contributed by atoms with van der Waals surface area (Å²) in [4.78, 5) is 19.4. The van der Waals surface area contributed by atoms with Gasteiger partial charge in [0.15, 0.2) is 0 Å². The molecule has 0 spiro atoms. The lowest BCUT2D eigenvalue weighted by Crippen LogP contribution is -2.15. The number of nitrogens with two attached hydrogens (primary N) is 1. The van der Waals surface area contributed by atoms with Crippen LogP contribution in [0.5, 0.6) is 0 Å². The molecule has 7 nitrogen and oxygen atoms in total. The average molecular weight is 197 g/mol. The van der Waals surface area contributed by atoms with Crippen LogP contribution in [0, 0.1) is 17.0 Å². The Morgan fingerprint density at radius 1 is 1.43 bits per heavy atom. The van der Waals surface area contributed by atoms with Gasteiger partial charge in [-0.15, -0.1) is 0 Å². The molecule has 0 amide bonds. The van der Waals surface area contributed by atoms with E-state index in [1.165, 1.54) is 6.92 Å². The lowest BCUT2D eigenvalue weighted by atomic mass is 10.3. The zero-order chi connectivity index (χ0) is 10.9. The van der Waals surface area contributed by atoms with E-state index in [-0.39, 0.29) is 17.2 Å². The van der Waals surface area contributed by atoms with Gasteiger partial charge in [0.1, 0.15) is 5.69 Å². The van der Waals surface area contributed by atoms with Gasteiger partial charge in [0, 0.05) is 14.1 Å². The van der Waals surface area contributed by atoms with Gasteiger partial charge in [-0.25, -0.2) is 4.98 Å². The number of hydrogen-bond acceptors (Lipinski definition) is 6. The molecule has 1 rings (SSSR count). The first-order chi connectivity index (χ1) is 6.43. The molecule has 0 radical (unpaired) electrons. The fraction of sp³-hybridized carbons (Fsp3) is 0.429. The lowest BCUT2D eigenvalue weighted by molar-refractivity contribution is -0.385. The highest BCUT2D eigenvalue weighted by Gasteiger charge is 2.19. The molecular weight excluding hydrogens is 186 g/mol. The summed E-state index contributed by atoms with van der Waals surface area (Å²) in [6.45, 7) is 1.53. The SMILES string of the molecule is Cc1nc(N(C)C)nc(N)c1[N+](=O)[O-]. The Kier molecular flexibility index (Phi) is 2.50. The molecule has 14 heavy (non-hydrogen) atoms. The van der Waals surface area contributed by atoms with Gasteiger partial charge < -0.3 is 10.6 Å². The summed E-state index contributed by atoms with van der Waals surface area (Å²) < 4.78 is 0. The largest absolute Gasteiger partial charge is 0.378 e. The van der Waals surface area contributed by atoms with Gasteiger partial charge in [0.2, 0.25) is 11.8 Å². The molecule has 0 aliphatic carbocycles. The van der Waals surface area contributed by atoms with E-state index in [4.69, 9.17) is 5.73 Å². The van der Waals surface area contributed by atoms with E-state index in [9.17, 15) is 10.1 Å². The molecule has 0 fully saturated rings. The molecule has 2 N–H and O–H groups in total. The fourth-order valence-corrected chi connectivity index (χ4v) is 1.000. The first-order valence-corrected chi connectivity index (χ1v) is 3.89. The van der Waals surface area contributed by atoms with Crippen molar-refractivity contribution in [1.29, 1.82) is 0 Å². The van der Waals surface area contributed by atoms with E-state index in [1.54, 1.807) is 19.0 Å². The van der Waals surface area contributed by atoms with Crippen LogP contribution in [-0.2, 0) is 0 Å². The van der Waals surface area contributed by atoms with Gasteiger partial charge >= 0.3 is 5.69 Å². The highest BCUT2D eigenvalue weighted by atomic mass is 16.6. The summed E-state index contributed by atoms with van der Waals surface area (Å²) in [6, 6.07) is 0. The van der Waals surface area contributed by atoms with Crippen molar-refractivity contribution in [2.75, 3.05) is 24.7 Å². The van der Waals surface area contributed by atoms with E-state index >= 15 is 0 Å². The standard InChI is InChI=1S/C7H11N5O2/c1-4-5(12(13)14)6(8)10-7(9-4)11(2)3/h1-3H3,(H2,8,9,10). The summed E-state index contributed by atoms with van der Waals surface area (Å²) in [5.74, 6) is 0.261. The average Bonchev–Trinajstić information content (AvgIpc) is 2.01. The molecule has 0 atom stereocenters. The maximum atomic E-state index is 10.6. The molecule has 0 aliphatic rings. The van der Waals surface area contributed by atoms with Crippen LogP contribution in [0.2, 0.25) is 0 Å². The van der Waals surface area contributed by atoms with E-state index in [1.807, 2.05) is 0 Å². The summed E-state index contributed by atoms with van der Waals surface area (Å²) >= 11 is 0. The van der Waals surface area contributed by atoms with Crippen LogP contribution in [0.1, 0.15) is 5.69 Å². The molecule has 0 aromatic carbocycles. The van der Waals surface area contributed by atoms with E-state index < -0.39 is 4.92 Å². The number of anilines is 2. The van der Waals surface area contributed by atoms with E-state index in [0.29, 0.717) is 5.95 Å². The third-order valence-electron chi connectivity index (χ3n) is 1.66. The normalized spacial score (nSPS) is 9.93. The minimum absolute atomic E-state index is 0.105. The number of aryl methyl sites for hydroxylation is 1. The second-order valence-corrected chi connectivity index (χ2v) is 2.99. The van der Waals surface area contributed by atoms with Crippen LogP contribution in [0.3, 0.4) is 0 Å². The smallest absolute Gasteiger partial charge is 0.332 e. The van der Waals surface area contributed by atoms with Gasteiger partial charge in [-0.1, -0.05) is 0 Å². The first-order valence-electron chi connectivity index (χ1n) is 3.89. The Labute approximate surface area is 80.7 Å². The predicted molar refractivity (Wildman–Crippen MR) is 52.2 cm³/mol. The Hall–Kier alpha value is -1.92. The van der Waals surface area contributed by atoms with Gasteiger partial charge in [0.25, 0.3) is 0 Å². The highest BCUT2D eigenvalue weighted by Crippen LogP contribution is 2.23. The van der Waals surface area contributed by atoms with Crippen molar-refractivity contribution >= 4 is 17.5 Å². The Morgan fingerprint density at radius 2 is 2.00 bits per heavy atom.